The highest BCUT2D eigenvalue weighted by molar-refractivity contribution is 5.72. The lowest BCUT2D eigenvalue weighted by atomic mass is 10.1. The van der Waals surface area contributed by atoms with E-state index in [1.54, 1.807) is 0 Å². The number of aliphatic carboxylic acids is 1. The third-order valence-corrected chi connectivity index (χ3v) is 3.18. The first-order valence-corrected chi connectivity index (χ1v) is 7.31. The van der Waals surface area contributed by atoms with Gasteiger partial charge in [-0.15, -0.1) is 0 Å². The quantitative estimate of drug-likeness (QED) is 0.727. The molecule has 1 aromatic carbocycles. The molecule has 0 aliphatic rings. The van der Waals surface area contributed by atoms with Gasteiger partial charge in [0, 0.05) is 11.6 Å². The van der Waals surface area contributed by atoms with Gasteiger partial charge in [0.2, 0.25) is 0 Å². The average molecular weight is 279 g/mol. The molecule has 0 aliphatic heterocycles. The van der Waals surface area contributed by atoms with E-state index >= 15 is 0 Å². The fourth-order valence-corrected chi connectivity index (χ4v) is 2.06. The summed E-state index contributed by atoms with van der Waals surface area (Å²) in [7, 11) is 0. The molecular formula is C16H25NO3. The number of para-hydroxylation sites is 1. The number of benzene rings is 1. The second-order valence-electron chi connectivity index (χ2n) is 4.95. The van der Waals surface area contributed by atoms with Crippen LogP contribution in [0.4, 0.5) is 0 Å². The predicted molar refractivity (Wildman–Crippen MR) is 80.1 cm³/mol. The highest BCUT2D eigenvalue weighted by Crippen LogP contribution is 2.26. The molecule has 0 spiro atoms. The van der Waals surface area contributed by atoms with E-state index in [1.165, 1.54) is 0 Å². The molecule has 112 valence electrons. The summed E-state index contributed by atoms with van der Waals surface area (Å²) < 4.78 is 5.71. The highest BCUT2D eigenvalue weighted by atomic mass is 16.5. The summed E-state index contributed by atoms with van der Waals surface area (Å²) in [5.41, 5.74) is 1.00. The van der Waals surface area contributed by atoms with E-state index in [0.717, 1.165) is 24.9 Å². The summed E-state index contributed by atoms with van der Waals surface area (Å²) in [6.45, 7) is 7.06. The second-order valence-corrected chi connectivity index (χ2v) is 4.95. The topological polar surface area (TPSA) is 58.6 Å². The minimum absolute atomic E-state index is 0.141. The van der Waals surface area contributed by atoms with E-state index in [2.05, 4.69) is 19.2 Å². The summed E-state index contributed by atoms with van der Waals surface area (Å²) >= 11 is 0. The van der Waals surface area contributed by atoms with Crippen molar-refractivity contribution in [1.29, 1.82) is 0 Å². The van der Waals surface area contributed by atoms with Crippen LogP contribution < -0.4 is 10.1 Å². The van der Waals surface area contributed by atoms with E-state index in [-0.39, 0.29) is 6.04 Å². The molecule has 4 nitrogen and oxygen atoms in total. The summed E-state index contributed by atoms with van der Waals surface area (Å²) in [6.07, 6.45) is 1.57. The molecule has 1 aromatic rings. The standard InChI is InChI=1S/C16H25NO3/c1-4-8-15(16(18)19)20-14-10-7-6-9-13(14)12(3)17-11-5-2/h6-7,9-10,12,15,17H,4-5,8,11H2,1-3H3,(H,18,19). The molecule has 0 saturated heterocycles. The molecule has 0 heterocycles. The van der Waals surface area contributed by atoms with Gasteiger partial charge in [-0.2, -0.15) is 0 Å². The number of hydrogen-bond donors (Lipinski definition) is 2. The Labute approximate surface area is 121 Å². The smallest absolute Gasteiger partial charge is 0.344 e. The zero-order chi connectivity index (χ0) is 15.0. The van der Waals surface area contributed by atoms with Crippen molar-refractivity contribution in [3.05, 3.63) is 29.8 Å². The Hall–Kier alpha value is -1.55. The monoisotopic (exact) mass is 279 g/mol. The Balaban J connectivity index is 2.85. The zero-order valence-electron chi connectivity index (χ0n) is 12.6. The lowest BCUT2D eigenvalue weighted by Gasteiger charge is -2.21. The van der Waals surface area contributed by atoms with Crippen molar-refractivity contribution < 1.29 is 14.6 Å². The lowest BCUT2D eigenvalue weighted by molar-refractivity contribution is -0.145. The van der Waals surface area contributed by atoms with Gasteiger partial charge in [-0.3, -0.25) is 0 Å². The van der Waals surface area contributed by atoms with Gasteiger partial charge in [0.05, 0.1) is 0 Å². The van der Waals surface area contributed by atoms with E-state index in [4.69, 9.17) is 4.74 Å². The fraction of sp³-hybridized carbons (Fsp3) is 0.562. The largest absolute Gasteiger partial charge is 0.479 e. The summed E-state index contributed by atoms with van der Waals surface area (Å²) in [5.74, 6) is -0.250. The lowest BCUT2D eigenvalue weighted by Crippen LogP contribution is -2.28. The highest BCUT2D eigenvalue weighted by Gasteiger charge is 2.20. The molecule has 4 heteroatoms. The van der Waals surface area contributed by atoms with Crippen molar-refractivity contribution in [2.45, 2.75) is 52.2 Å². The Morgan fingerprint density at radius 1 is 1.30 bits per heavy atom. The van der Waals surface area contributed by atoms with Crippen LogP contribution in [0.25, 0.3) is 0 Å². The van der Waals surface area contributed by atoms with Crippen molar-refractivity contribution in [2.75, 3.05) is 6.54 Å². The molecule has 0 radical (unpaired) electrons. The first-order chi connectivity index (χ1) is 9.60. The molecule has 0 bridgehead atoms. The number of carboxylic acid groups (broad SMARTS) is 1. The van der Waals surface area contributed by atoms with Crippen molar-refractivity contribution in [3.8, 4) is 5.75 Å². The third-order valence-electron chi connectivity index (χ3n) is 3.18. The van der Waals surface area contributed by atoms with Crippen LogP contribution in [0.3, 0.4) is 0 Å². The van der Waals surface area contributed by atoms with E-state index in [1.807, 2.05) is 31.2 Å². The third kappa shape index (κ3) is 4.85. The van der Waals surface area contributed by atoms with Crippen LogP contribution in [-0.4, -0.2) is 23.7 Å². The van der Waals surface area contributed by atoms with Crippen LogP contribution in [0.5, 0.6) is 5.75 Å². The number of carbonyl (C=O) groups is 1. The minimum Gasteiger partial charge on any atom is -0.479 e. The second kappa shape index (κ2) is 8.59. The van der Waals surface area contributed by atoms with Gasteiger partial charge in [0.25, 0.3) is 0 Å². The maximum Gasteiger partial charge on any atom is 0.344 e. The number of hydrogen-bond acceptors (Lipinski definition) is 3. The molecule has 20 heavy (non-hydrogen) atoms. The number of carboxylic acids is 1. The van der Waals surface area contributed by atoms with Crippen molar-refractivity contribution >= 4 is 5.97 Å². The van der Waals surface area contributed by atoms with Crippen LogP contribution in [0.2, 0.25) is 0 Å². The van der Waals surface area contributed by atoms with Gasteiger partial charge >= 0.3 is 5.97 Å². The van der Waals surface area contributed by atoms with Gasteiger partial charge in [-0.05, 0) is 32.4 Å². The molecule has 2 unspecified atom stereocenters. The van der Waals surface area contributed by atoms with Crippen LogP contribution in [0.15, 0.2) is 24.3 Å². The maximum absolute atomic E-state index is 11.2. The molecule has 0 aliphatic carbocycles. The van der Waals surface area contributed by atoms with Crippen LogP contribution >= 0.6 is 0 Å². The molecule has 0 fully saturated rings. The zero-order valence-corrected chi connectivity index (χ0v) is 12.6. The van der Waals surface area contributed by atoms with Gasteiger partial charge in [0.1, 0.15) is 5.75 Å². The first-order valence-electron chi connectivity index (χ1n) is 7.31. The average Bonchev–Trinajstić information content (AvgIpc) is 2.44. The van der Waals surface area contributed by atoms with E-state index < -0.39 is 12.1 Å². The van der Waals surface area contributed by atoms with Crippen LogP contribution in [0, 0.1) is 0 Å². The number of ether oxygens (including phenoxy) is 1. The predicted octanol–water partition coefficient (Wildman–Crippen LogP) is 3.38. The summed E-state index contributed by atoms with van der Waals surface area (Å²) in [4.78, 5) is 11.2. The van der Waals surface area contributed by atoms with Gasteiger partial charge in [-0.1, -0.05) is 38.5 Å². The van der Waals surface area contributed by atoms with Crippen molar-refractivity contribution in [3.63, 3.8) is 0 Å². The van der Waals surface area contributed by atoms with Gasteiger partial charge in [0.15, 0.2) is 6.10 Å². The molecule has 0 saturated carbocycles. The Morgan fingerprint density at radius 2 is 2.00 bits per heavy atom. The SMILES string of the molecule is CCCNC(C)c1ccccc1OC(CCC)C(=O)O. The Bertz CT molecular complexity index is 420. The Kier molecular flexibility index (Phi) is 7.09. The van der Waals surface area contributed by atoms with Gasteiger partial charge in [-0.25, -0.2) is 4.79 Å². The van der Waals surface area contributed by atoms with Gasteiger partial charge < -0.3 is 15.2 Å². The first kappa shape index (κ1) is 16.5. The molecule has 0 amide bonds. The molecular weight excluding hydrogens is 254 g/mol. The maximum atomic E-state index is 11.2. The molecule has 2 N–H and O–H groups in total. The minimum atomic E-state index is -0.907. The van der Waals surface area contributed by atoms with E-state index in [9.17, 15) is 9.90 Å². The Morgan fingerprint density at radius 3 is 2.60 bits per heavy atom. The van der Waals surface area contributed by atoms with E-state index in [0.29, 0.717) is 12.2 Å². The molecule has 1 rings (SSSR count). The van der Waals surface area contributed by atoms with Crippen LogP contribution in [-0.2, 0) is 4.79 Å². The van der Waals surface area contributed by atoms with Crippen molar-refractivity contribution in [1.82, 2.24) is 5.32 Å². The number of rotatable bonds is 9. The number of nitrogens with one attached hydrogen (secondary N) is 1. The normalized spacial score (nSPS) is 13.8. The molecule has 0 aromatic heterocycles. The molecule has 2 atom stereocenters. The fourth-order valence-electron chi connectivity index (χ4n) is 2.06. The van der Waals surface area contributed by atoms with Crippen molar-refractivity contribution in [2.24, 2.45) is 0 Å². The van der Waals surface area contributed by atoms with Crippen LogP contribution in [0.1, 0.15) is 51.6 Å². The summed E-state index contributed by atoms with van der Waals surface area (Å²) in [5, 5.41) is 12.6. The summed E-state index contributed by atoms with van der Waals surface area (Å²) in [6, 6.07) is 7.78.